The second kappa shape index (κ2) is 14.5. The zero-order chi connectivity index (χ0) is 28.4. The SMILES string of the molecule is CC(=O)OC[C@@H]1O[C@H](OC(C)=O)[C@H](NC(=O)CCCOc2ccc(Cl)cc2C)[C@@H](OC(C)=O)[C@@H]1OC(C)=O. The van der Waals surface area contributed by atoms with Gasteiger partial charge in [-0.1, -0.05) is 11.6 Å². The van der Waals surface area contributed by atoms with Crippen LogP contribution in [-0.2, 0) is 47.7 Å². The van der Waals surface area contributed by atoms with E-state index in [0.717, 1.165) is 33.3 Å². The lowest BCUT2D eigenvalue weighted by molar-refractivity contribution is -0.271. The molecule has 1 saturated heterocycles. The number of hydrogen-bond donors (Lipinski definition) is 1. The Morgan fingerprint density at radius 1 is 0.921 bits per heavy atom. The van der Waals surface area contributed by atoms with Gasteiger partial charge in [-0.3, -0.25) is 24.0 Å². The molecule has 0 spiro atoms. The molecule has 0 saturated carbocycles. The second-order valence-electron chi connectivity index (χ2n) is 8.56. The van der Waals surface area contributed by atoms with E-state index in [0.29, 0.717) is 17.2 Å². The molecule has 1 fully saturated rings. The Kier molecular flexibility index (Phi) is 11.8. The van der Waals surface area contributed by atoms with Crippen molar-refractivity contribution in [2.75, 3.05) is 13.2 Å². The number of carbonyl (C=O) groups is 5. The molecule has 1 aromatic rings. The fraction of sp³-hybridized carbons (Fsp3) is 0.560. The van der Waals surface area contributed by atoms with Crippen LogP contribution < -0.4 is 10.1 Å². The van der Waals surface area contributed by atoms with Crippen molar-refractivity contribution < 1.29 is 52.4 Å². The lowest BCUT2D eigenvalue weighted by Gasteiger charge is -2.44. The van der Waals surface area contributed by atoms with E-state index in [2.05, 4.69) is 5.32 Å². The van der Waals surface area contributed by atoms with Crippen LogP contribution in [0.4, 0.5) is 0 Å². The van der Waals surface area contributed by atoms with Gasteiger partial charge in [0.1, 0.15) is 24.5 Å². The number of esters is 4. The largest absolute Gasteiger partial charge is 0.493 e. The van der Waals surface area contributed by atoms with E-state index in [1.165, 1.54) is 0 Å². The van der Waals surface area contributed by atoms with Crippen molar-refractivity contribution in [3.8, 4) is 5.75 Å². The average molecular weight is 558 g/mol. The van der Waals surface area contributed by atoms with E-state index in [-0.39, 0.29) is 13.0 Å². The number of aryl methyl sites for hydroxylation is 1. The van der Waals surface area contributed by atoms with Crippen LogP contribution in [0.15, 0.2) is 18.2 Å². The van der Waals surface area contributed by atoms with Crippen LogP contribution >= 0.6 is 11.6 Å². The number of halogens is 1. The second-order valence-corrected chi connectivity index (χ2v) is 8.99. The summed E-state index contributed by atoms with van der Waals surface area (Å²) in [5.74, 6) is -2.76. The van der Waals surface area contributed by atoms with Gasteiger partial charge >= 0.3 is 23.9 Å². The number of carbonyl (C=O) groups excluding carboxylic acids is 5. The van der Waals surface area contributed by atoms with Gasteiger partial charge in [0.25, 0.3) is 0 Å². The van der Waals surface area contributed by atoms with Crippen LogP contribution in [-0.4, -0.2) is 73.6 Å². The lowest BCUT2D eigenvalue weighted by atomic mass is 9.95. The summed E-state index contributed by atoms with van der Waals surface area (Å²) < 4.78 is 32.4. The summed E-state index contributed by atoms with van der Waals surface area (Å²) in [5, 5.41) is 3.22. The summed E-state index contributed by atoms with van der Waals surface area (Å²) in [5.41, 5.74) is 0.842. The maximum atomic E-state index is 12.8. The predicted octanol–water partition coefficient (Wildman–Crippen LogP) is 2.01. The molecule has 5 atom stereocenters. The van der Waals surface area contributed by atoms with Crippen molar-refractivity contribution in [1.29, 1.82) is 0 Å². The van der Waals surface area contributed by atoms with Crippen LogP contribution in [0, 0.1) is 6.92 Å². The summed E-state index contributed by atoms with van der Waals surface area (Å²) in [7, 11) is 0. The molecule has 12 nitrogen and oxygen atoms in total. The smallest absolute Gasteiger partial charge is 0.305 e. The normalized spacial score (nSPS) is 22.5. The highest BCUT2D eigenvalue weighted by molar-refractivity contribution is 6.30. The summed E-state index contributed by atoms with van der Waals surface area (Å²) in [6.07, 6.45) is -4.91. The molecular formula is C25H32ClNO11. The van der Waals surface area contributed by atoms with E-state index in [9.17, 15) is 24.0 Å². The molecule has 13 heteroatoms. The molecule has 1 amide bonds. The van der Waals surface area contributed by atoms with E-state index in [1.807, 2.05) is 6.92 Å². The van der Waals surface area contributed by atoms with E-state index >= 15 is 0 Å². The van der Waals surface area contributed by atoms with Crippen LogP contribution in [0.5, 0.6) is 5.75 Å². The summed E-state index contributed by atoms with van der Waals surface area (Å²) >= 11 is 5.95. The molecule has 210 valence electrons. The molecule has 2 rings (SSSR count). The van der Waals surface area contributed by atoms with E-state index in [1.54, 1.807) is 18.2 Å². The van der Waals surface area contributed by atoms with Crippen molar-refractivity contribution >= 4 is 41.4 Å². The molecule has 1 aliphatic heterocycles. The van der Waals surface area contributed by atoms with Gasteiger partial charge in [0, 0.05) is 39.1 Å². The van der Waals surface area contributed by atoms with Gasteiger partial charge in [0.15, 0.2) is 12.2 Å². The lowest BCUT2D eigenvalue weighted by Crippen LogP contribution is -2.67. The van der Waals surface area contributed by atoms with Crippen LogP contribution in [0.2, 0.25) is 5.02 Å². The Morgan fingerprint density at radius 2 is 1.55 bits per heavy atom. The van der Waals surface area contributed by atoms with Gasteiger partial charge < -0.3 is 33.7 Å². The van der Waals surface area contributed by atoms with Crippen molar-refractivity contribution in [3.05, 3.63) is 28.8 Å². The molecular weight excluding hydrogens is 526 g/mol. The van der Waals surface area contributed by atoms with Crippen LogP contribution in [0.1, 0.15) is 46.1 Å². The Labute approximate surface area is 225 Å². The molecule has 0 aromatic heterocycles. The molecule has 1 aliphatic rings. The molecule has 1 heterocycles. The maximum absolute atomic E-state index is 12.8. The third-order valence-electron chi connectivity index (χ3n) is 5.25. The summed E-state index contributed by atoms with van der Waals surface area (Å²) in [4.78, 5) is 59.7. The first-order chi connectivity index (χ1) is 17.9. The Balaban J connectivity index is 2.17. The molecule has 1 N–H and O–H groups in total. The average Bonchev–Trinajstić information content (AvgIpc) is 2.79. The highest BCUT2D eigenvalue weighted by atomic mass is 35.5. The first-order valence-electron chi connectivity index (χ1n) is 11.9. The molecule has 0 bridgehead atoms. The van der Waals surface area contributed by atoms with Crippen molar-refractivity contribution in [2.24, 2.45) is 0 Å². The fourth-order valence-corrected chi connectivity index (χ4v) is 3.99. The van der Waals surface area contributed by atoms with E-state index in [4.69, 9.17) is 40.0 Å². The quantitative estimate of drug-likeness (QED) is 0.241. The van der Waals surface area contributed by atoms with Gasteiger partial charge in [0.05, 0.1) is 6.61 Å². The van der Waals surface area contributed by atoms with Crippen molar-refractivity contribution in [2.45, 2.75) is 78.1 Å². The van der Waals surface area contributed by atoms with E-state index < -0.39 is 67.0 Å². The highest BCUT2D eigenvalue weighted by Gasteiger charge is 2.52. The monoisotopic (exact) mass is 557 g/mol. The van der Waals surface area contributed by atoms with Crippen LogP contribution in [0.25, 0.3) is 0 Å². The topological polar surface area (TPSA) is 153 Å². The third kappa shape index (κ3) is 9.82. The van der Waals surface area contributed by atoms with Crippen LogP contribution in [0.3, 0.4) is 0 Å². The summed E-state index contributed by atoms with van der Waals surface area (Å²) in [6.45, 7) is 6.20. The molecule has 1 aromatic carbocycles. The Morgan fingerprint density at radius 3 is 2.13 bits per heavy atom. The van der Waals surface area contributed by atoms with Gasteiger partial charge in [0.2, 0.25) is 12.2 Å². The number of nitrogens with one attached hydrogen (secondary N) is 1. The van der Waals surface area contributed by atoms with Crippen molar-refractivity contribution in [3.63, 3.8) is 0 Å². The Hall–Kier alpha value is -3.38. The molecule has 0 aliphatic carbocycles. The number of amides is 1. The van der Waals surface area contributed by atoms with Gasteiger partial charge in [-0.15, -0.1) is 0 Å². The summed E-state index contributed by atoms with van der Waals surface area (Å²) in [6, 6.07) is 3.93. The number of ether oxygens (including phenoxy) is 6. The zero-order valence-corrected chi connectivity index (χ0v) is 22.6. The van der Waals surface area contributed by atoms with Gasteiger partial charge in [-0.05, 0) is 37.1 Å². The van der Waals surface area contributed by atoms with Gasteiger partial charge in [-0.2, -0.15) is 0 Å². The third-order valence-corrected chi connectivity index (χ3v) is 5.49. The number of hydrogen-bond acceptors (Lipinski definition) is 11. The molecule has 0 unspecified atom stereocenters. The number of rotatable bonds is 11. The number of benzene rings is 1. The minimum atomic E-state index is -1.44. The maximum Gasteiger partial charge on any atom is 0.305 e. The molecule has 0 radical (unpaired) electrons. The predicted molar refractivity (Wildman–Crippen MR) is 131 cm³/mol. The first-order valence-corrected chi connectivity index (χ1v) is 12.2. The zero-order valence-electron chi connectivity index (χ0n) is 21.8. The standard InChI is InChI=1S/C25H32ClNO11/c1-13-11-18(26)8-9-19(13)33-10-6-7-21(32)27-22-24(36-16(4)30)23(35-15(3)29)20(12-34-14(2)28)38-25(22)37-17(5)31/h8-9,11,20,22-25H,6-7,10,12H2,1-5H3,(H,27,32)/t20-,22+,23+,24+,25-/m0/s1. The highest BCUT2D eigenvalue weighted by Crippen LogP contribution is 2.28. The van der Waals surface area contributed by atoms with Crippen molar-refractivity contribution in [1.82, 2.24) is 5.32 Å². The minimum absolute atomic E-state index is 0.00215. The Bertz CT molecular complexity index is 1030. The minimum Gasteiger partial charge on any atom is -0.493 e. The molecule has 38 heavy (non-hydrogen) atoms. The van der Waals surface area contributed by atoms with Gasteiger partial charge in [-0.25, -0.2) is 0 Å². The first kappa shape index (κ1) is 30.8. The fourth-order valence-electron chi connectivity index (χ4n) is 3.77.